The molecule has 23 heavy (non-hydrogen) atoms. The van der Waals surface area contributed by atoms with Crippen molar-refractivity contribution in [1.29, 1.82) is 0 Å². The van der Waals surface area contributed by atoms with Gasteiger partial charge in [-0.3, -0.25) is 15.0 Å². The van der Waals surface area contributed by atoms with Crippen LogP contribution in [0.2, 0.25) is 5.02 Å². The molecule has 0 saturated carbocycles. The van der Waals surface area contributed by atoms with Gasteiger partial charge in [0.15, 0.2) is 0 Å². The Balaban J connectivity index is 1.80. The summed E-state index contributed by atoms with van der Waals surface area (Å²) in [6, 6.07) is 13.3. The fraction of sp³-hybridized carbons (Fsp3) is 0.176. The van der Waals surface area contributed by atoms with Crippen molar-refractivity contribution in [2.24, 2.45) is 0 Å². The van der Waals surface area contributed by atoms with Gasteiger partial charge < -0.3 is 5.32 Å². The molecule has 1 heterocycles. The van der Waals surface area contributed by atoms with Crippen molar-refractivity contribution in [3.05, 3.63) is 70.2 Å². The van der Waals surface area contributed by atoms with Crippen LogP contribution in [0.25, 0.3) is 0 Å². The molecule has 2 atom stereocenters. The zero-order valence-electron chi connectivity index (χ0n) is 12.5. The van der Waals surface area contributed by atoms with Crippen LogP contribution in [0.4, 0.5) is 0 Å². The smallest absolute Gasteiger partial charge is 0.258 e. The summed E-state index contributed by atoms with van der Waals surface area (Å²) < 4.78 is 0. The molecule has 0 aliphatic carbocycles. The molecule has 5 nitrogen and oxygen atoms in total. The summed E-state index contributed by atoms with van der Waals surface area (Å²) in [6.45, 7) is 1.91. The average Bonchev–Trinajstić information content (AvgIpc) is 2.89. The molecule has 2 aromatic rings. The van der Waals surface area contributed by atoms with E-state index >= 15 is 0 Å². The first-order valence-electron chi connectivity index (χ1n) is 7.23. The lowest BCUT2D eigenvalue weighted by Gasteiger charge is -2.18. The van der Waals surface area contributed by atoms with Gasteiger partial charge >= 0.3 is 0 Å². The quantitative estimate of drug-likeness (QED) is 0.808. The first-order valence-corrected chi connectivity index (χ1v) is 7.61. The Morgan fingerprint density at radius 3 is 2.61 bits per heavy atom. The van der Waals surface area contributed by atoms with Gasteiger partial charge in [-0.1, -0.05) is 41.4 Å². The number of aryl methyl sites for hydroxylation is 1. The summed E-state index contributed by atoms with van der Waals surface area (Å²) in [5.41, 5.74) is 7.84. The highest BCUT2D eigenvalue weighted by Crippen LogP contribution is 2.22. The van der Waals surface area contributed by atoms with Crippen molar-refractivity contribution >= 4 is 23.4 Å². The number of hydrogen-bond acceptors (Lipinski definition) is 3. The fourth-order valence-corrected chi connectivity index (χ4v) is 2.69. The van der Waals surface area contributed by atoms with Gasteiger partial charge in [-0.05, 0) is 36.8 Å². The van der Waals surface area contributed by atoms with Crippen molar-refractivity contribution in [3.8, 4) is 0 Å². The maximum Gasteiger partial charge on any atom is 0.258 e. The Kier molecular flexibility index (Phi) is 4.32. The summed E-state index contributed by atoms with van der Waals surface area (Å²) in [4.78, 5) is 24.4. The number of carbonyl (C=O) groups is 2. The number of nitrogens with one attached hydrogen (secondary N) is 3. The van der Waals surface area contributed by atoms with Crippen LogP contribution in [0.1, 0.15) is 27.5 Å². The Hall–Kier alpha value is -2.37. The molecule has 2 aromatic carbocycles. The normalized spacial score (nSPS) is 20.2. The molecule has 2 amide bonds. The summed E-state index contributed by atoms with van der Waals surface area (Å²) in [7, 11) is 0. The standard InChI is InChI=1S/C17H16ClN3O2/c1-10-3-2-4-12(9-10)16(22)19-15-14(20-21-17(15)23)11-5-7-13(18)8-6-11/h2-9,14-15,20H,1H3,(H,19,22)(H,21,23)/t14-,15-/m0/s1. The van der Waals surface area contributed by atoms with Crippen molar-refractivity contribution in [2.75, 3.05) is 0 Å². The number of halogens is 1. The van der Waals surface area contributed by atoms with Gasteiger partial charge in [0.25, 0.3) is 11.8 Å². The lowest BCUT2D eigenvalue weighted by molar-refractivity contribution is -0.121. The highest BCUT2D eigenvalue weighted by atomic mass is 35.5. The van der Waals surface area contributed by atoms with E-state index in [0.717, 1.165) is 11.1 Å². The van der Waals surface area contributed by atoms with Crippen LogP contribution in [0.15, 0.2) is 48.5 Å². The van der Waals surface area contributed by atoms with E-state index in [-0.39, 0.29) is 17.9 Å². The topological polar surface area (TPSA) is 70.2 Å². The first kappa shape index (κ1) is 15.5. The van der Waals surface area contributed by atoms with Crippen molar-refractivity contribution in [1.82, 2.24) is 16.2 Å². The van der Waals surface area contributed by atoms with E-state index in [2.05, 4.69) is 16.2 Å². The second-order valence-electron chi connectivity index (χ2n) is 5.48. The summed E-state index contributed by atoms with van der Waals surface area (Å²) in [5, 5.41) is 3.41. The molecule has 1 aliphatic heterocycles. The molecule has 3 N–H and O–H groups in total. The third-order valence-corrected chi connectivity index (χ3v) is 4.01. The van der Waals surface area contributed by atoms with Crippen LogP contribution in [0.3, 0.4) is 0 Å². The summed E-state index contributed by atoms with van der Waals surface area (Å²) in [5.74, 6) is -0.553. The maximum absolute atomic E-state index is 12.4. The monoisotopic (exact) mass is 329 g/mol. The fourth-order valence-electron chi connectivity index (χ4n) is 2.57. The molecule has 6 heteroatoms. The SMILES string of the molecule is Cc1cccc(C(=O)N[C@@H]2C(=O)NN[C@H]2c2ccc(Cl)cc2)c1. The molecule has 1 saturated heterocycles. The van der Waals surface area contributed by atoms with Gasteiger partial charge in [0.05, 0.1) is 6.04 Å². The lowest BCUT2D eigenvalue weighted by atomic mass is 10.0. The first-order chi connectivity index (χ1) is 11.0. The van der Waals surface area contributed by atoms with Crippen molar-refractivity contribution in [3.63, 3.8) is 0 Å². The summed E-state index contributed by atoms with van der Waals surface area (Å²) in [6.07, 6.45) is 0. The minimum absolute atomic E-state index is 0.272. The zero-order chi connectivity index (χ0) is 16.4. The number of carbonyl (C=O) groups excluding carboxylic acids is 2. The molecular weight excluding hydrogens is 314 g/mol. The molecule has 3 rings (SSSR count). The zero-order valence-corrected chi connectivity index (χ0v) is 13.2. The number of hydrazine groups is 1. The Bertz CT molecular complexity index is 746. The van der Waals surface area contributed by atoms with Gasteiger partial charge in [0, 0.05) is 10.6 Å². The molecule has 118 valence electrons. The number of hydrogen-bond donors (Lipinski definition) is 3. The van der Waals surface area contributed by atoms with E-state index in [0.29, 0.717) is 10.6 Å². The molecule has 0 bridgehead atoms. The highest BCUT2D eigenvalue weighted by molar-refractivity contribution is 6.30. The van der Waals surface area contributed by atoms with E-state index in [4.69, 9.17) is 11.6 Å². The van der Waals surface area contributed by atoms with Crippen LogP contribution in [-0.4, -0.2) is 17.9 Å². The van der Waals surface area contributed by atoms with E-state index in [1.54, 1.807) is 24.3 Å². The predicted molar refractivity (Wildman–Crippen MR) is 87.9 cm³/mol. The predicted octanol–water partition coefficient (Wildman–Crippen LogP) is 2.12. The largest absolute Gasteiger partial charge is 0.338 e. The number of rotatable bonds is 3. The van der Waals surface area contributed by atoms with E-state index in [1.807, 2.05) is 31.2 Å². The highest BCUT2D eigenvalue weighted by Gasteiger charge is 2.36. The third kappa shape index (κ3) is 3.36. The molecule has 1 aliphatic rings. The minimum Gasteiger partial charge on any atom is -0.338 e. The van der Waals surface area contributed by atoms with Crippen molar-refractivity contribution < 1.29 is 9.59 Å². The molecule has 0 aromatic heterocycles. The second-order valence-corrected chi connectivity index (χ2v) is 5.92. The van der Waals surface area contributed by atoms with Crippen LogP contribution >= 0.6 is 11.6 Å². The molecule has 0 spiro atoms. The van der Waals surface area contributed by atoms with Crippen LogP contribution in [-0.2, 0) is 4.79 Å². The molecule has 0 unspecified atom stereocenters. The maximum atomic E-state index is 12.4. The third-order valence-electron chi connectivity index (χ3n) is 3.76. The van der Waals surface area contributed by atoms with Gasteiger partial charge in [-0.15, -0.1) is 0 Å². The lowest BCUT2D eigenvalue weighted by Crippen LogP contribution is -2.42. The number of benzene rings is 2. The van der Waals surface area contributed by atoms with Crippen LogP contribution in [0, 0.1) is 6.92 Å². The van der Waals surface area contributed by atoms with E-state index < -0.39 is 6.04 Å². The molecular formula is C17H16ClN3O2. The number of amides is 2. The molecule has 0 radical (unpaired) electrons. The van der Waals surface area contributed by atoms with Crippen LogP contribution in [0.5, 0.6) is 0 Å². The van der Waals surface area contributed by atoms with Crippen LogP contribution < -0.4 is 16.2 Å². The Morgan fingerprint density at radius 1 is 1.17 bits per heavy atom. The van der Waals surface area contributed by atoms with Gasteiger partial charge in [0.1, 0.15) is 6.04 Å². The Morgan fingerprint density at radius 2 is 1.91 bits per heavy atom. The average molecular weight is 330 g/mol. The second kappa shape index (κ2) is 6.40. The Labute approximate surface area is 139 Å². The summed E-state index contributed by atoms with van der Waals surface area (Å²) >= 11 is 5.89. The van der Waals surface area contributed by atoms with Gasteiger partial charge in [-0.2, -0.15) is 0 Å². The van der Waals surface area contributed by atoms with Crippen molar-refractivity contribution in [2.45, 2.75) is 19.0 Å². The van der Waals surface area contributed by atoms with E-state index in [9.17, 15) is 9.59 Å². The minimum atomic E-state index is -0.691. The van der Waals surface area contributed by atoms with Gasteiger partial charge in [-0.25, -0.2) is 5.43 Å². The molecule has 1 fully saturated rings. The van der Waals surface area contributed by atoms with E-state index in [1.165, 1.54) is 0 Å². The van der Waals surface area contributed by atoms with Gasteiger partial charge in [0.2, 0.25) is 0 Å².